The maximum Gasteiger partial charge on any atom is 0.325 e. The summed E-state index contributed by atoms with van der Waals surface area (Å²) < 4.78 is 5.22. The molecule has 3 saturated heterocycles. The van der Waals surface area contributed by atoms with Crippen LogP contribution >= 0.6 is 0 Å². The van der Waals surface area contributed by atoms with E-state index in [9.17, 15) is 14.4 Å². The molecular weight excluding hydrogens is 432 g/mol. The highest BCUT2D eigenvalue weighted by molar-refractivity contribution is 6.05. The highest BCUT2D eigenvalue weighted by Gasteiger charge is 2.40. The number of ether oxygens (including phenoxy) is 1. The smallest absolute Gasteiger partial charge is 0.325 e. The second-order valence-corrected chi connectivity index (χ2v) is 9.80. The van der Waals surface area contributed by atoms with Crippen molar-refractivity contribution in [2.75, 3.05) is 39.9 Å². The Morgan fingerprint density at radius 2 is 1.91 bits per heavy atom. The molecule has 4 amide bonds. The molecule has 3 aliphatic heterocycles. The van der Waals surface area contributed by atoms with Crippen LogP contribution in [0.5, 0.6) is 0 Å². The third kappa shape index (κ3) is 5.96. The molecule has 0 saturated carbocycles. The average Bonchev–Trinajstić information content (AvgIpc) is 3.11. The van der Waals surface area contributed by atoms with Gasteiger partial charge < -0.3 is 19.9 Å². The van der Waals surface area contributed by atoms with Crippen LogP contribution in [-0.4, -0.2) is 84.5 Å². The van der Waals surface area contributed by atoms with Gasteiger partial charge in [-0.25, -0.2) is 4.79 Å². The van der Waals surface area contributed by atoms with Gasteiger partial charge in [-0.2, -0.15) is 0 Å². The van der Waals surface area contributed by atoms with Crippen LogP contribution in [0.15, 0.2) is 30.3 Å². The highest BCUT2D eigenvalue weighted by Crippen LogP contribution is 2.31. The summed E-state index contributed by atoms with van der Waals surface area (Å²) in [6.07, 6.45) is 6.80. The Morgan fingerprint density at radius 3 is 2.71 bits per heavy atom. The van der Waals surface area contributed by atoms with Crippen LogP contribution in [0.1, 0.15) is 50.5 Å². The lowest BCUT2D eigenvalue weighted by Gasteiger charge is -2.45. The third-order valence-electron chi connectivity index (χ3n) is 7.48. The largest absolute Gasteiger partial charge is 0.385 e. The van der Waals surface area contributed by atoms with Gasteiger partial charge in [0.1, 0.15) is 6.04 Å². The van der Waals surface area contributed by atoms with E-state index in [0.29, 0.717) is 31.7 Å². The number of imide groups is 1. The fraction of sp³-hybridized carbons (Fsp3) is 0.654. The summed E-state index contributed by atoms with van der Waals surface area (Å²) in [5.74, 6) is 0.0726. The summed E-state index contributed by atoms with van der Waals surface area (Å²) in [5.41, 5.74) is 0.883. The molecule has 1 N–H and O–H groups in total. The van der Waals surface area contributed by atoms with Crippen LogP contribution in [0, 0.1) is 5.92 Å². The number of fused-ring (bicyclic) bond motifs is 1. The van der Waals surface area contributed by atoms with Crippen LogP contribution in [0.4, 0.5) is 4.79 Å². The number of hydrogen-bond donors (Lipinski definition) is 1. The minimum atomic E-state index is -0.800. The van der Waals surface area contributed by atoms with Crippen LogP contribution < -0.4 is 5.32 Å². The number of carbonyl (C=O) groups is 3. The number of piperidine rings is 2. The maximum atomic E-state index is 13.4. The molecule has 0 unspecified atom stereocenters. The quantitative estimate of drug-likeness (QED) is 0.420. The molecule has 0 bridgehead atoms. The van der Waals surface area contributed by atoms with Gasteiger partial charge in [-0.15, -0.1) is 0 Å². The monoisotopic (exact) mass is 470 g/mol. The number of rotatable bonds is 10. The van der Waals surface area contributed by atoms with Gasteiger partial charge >= 0.3 is 6.03 Å². The first kappa shape index (κ1) is 24.7. The predicted molar refractivity (Wildman–Crippen MR) is 129 cm³/mol. The zero-order valence-corrected chi connectivity index (χ0v) is 20.3. The first-order valence-electron chi connectivity index (χ1n) is 12.7. The lowest BCUT2D eigenvalue weighted by Crippen LogP contribution is -2.52. The van der Waals surface area contributed by atoms with Gasteiger partial charge in [-0.3, -0.25) is 14.5 Å². The third-order valence-corrected chi connectivity index (χ3v) is 7.48. The van der Waals surface area contributed by atoms with Crippen molar-refractivity contribution in [2.45, 2.75) is 63.6 Å². The number of nitrogens with one attached hydrogen (secondary N) is 1. The molecule has 0 spiro atoms. The first-order chi connectivity index (χ1) is 16.6. The second-order valence-electron chi connectivity index (χ2n) is 9.80. The van der Waals surface area contributed by atoms with E-state index < -0.39 is 12.1 Å². The summed E-state index contributed by atoms with van der Waals surface area (Å²) in [6, 6.07) is 8.75. The van der Waals surface area contributed by atoms with Crippen molar-refractivity contribution in [1.82, 2.24) is 20.0 Å². The molecule has 0 aromatic heterocycles. The summed E-state index contributed by atoms with van der Waals surface area (Å²) in [7, 11) is 1.67. The highest BCUT2D eigenvalue weighted by atomic mass is 16.5. The van der Waals surface area contributed by atoms with Crippen molar-refractivity contribution in [3.63, 3.8) is 0 Å². The van der Waals surface area contributed by atoms with Crippen molar-refractivity contribution in [3.8, 4) is 0 Å². The number of amides is 4. The zero-order valence-electron chi connectivity index (χ0n) is 20.3. The molecule has 8 heteroatoms. The van der Waals surface area contributed by atoms with E-state index in [0.717, 1.165) is 18.4 Å². The number of benzene rings is 1. The molecule has 3 heterocycles. The number of nitrogens with zero attached hydrogens (tertiary/aromatic N) is 3. The minimum absolute atomic E-state index is 0.00391. The molecule has 3 fully saturated rings. The van der Waals surface area contributed by atoms with Crippen LogP contribution in [0.25, 0.3) is 0 Å². The summed E-state index contributed by atoms with van der Waals surface area (Å²) >= 11 is 0. The van der Waals surface area contributed by atoms with Gasteiger partial charge in [0, 0.05) is 32.8 Å². The zero-order chi connectivity index (χ0) is 23.9. The average molecular weight is 471 g/mol. The van der Waals surface area contributed by atoms with Crippen LogP contribution in [0.3, 0.4) is 0 Å². The van der Waals surface area contributed by atoms with Gasteiger partial charge in [0.15, 0.2) is 0 Å². The molecule has 3 atom stereocenters. The van der Waals surface area contributed by atoms with Crippen molar-refractivity contribution in [2.24, 2.45) is 5.92 Å². The molecule has 0 radical (unpaired) electrons. The van der Waals surface area contributed by atoms with Crippen molar-refractivity contribution in [1.29, 1.82) is 0 Å². The predicted octanol–water partition coefficient (Wildman–Crippen LogP) is 2.63. The molecule has 0 aliphatic carbocycles. The maximum absolute atomic E-state index is 13.4. The fourth-order valence-electron chi connectivity index (χ4n) is 5.73. The molecule has 1 aromatic rings. The fourth-order valence-corrected chi connectivity index (χ4v) is 5.73. The molecule has 1 aromatic carbocycles. The van der Waals surface area contributed by atoms with E-state index in [-0.39, 0.29) is 24.8 Å². The summed E-state index contributed by atoms with van der Waals surface area (Å²) in [5, 5.41) is 2.73. The normalized spacial score (nSPS) is 25.2. The Balaban J connectivity index is 1.39. The van der Waals surface area contributed by atoms with E-state index in [4.69, 9.17) is 4.74 Å². The second kappa shape index (κ2) is 11.8. The molecule has 34 heavy (non-hydrogen) atoms. The van der Waals surface area contributed by atoms with Gasteiger partial charge in [0.25, 0.3) is 5.91 Å². The van der Waals surface area contributed by atoms with E-state index in [1.165, 1.54) is 43.7 Å². The summed E-state index contributed by atoms with van der Waals surface area (Å²) in [6.45, 7) is 4.46. The van der Waals surface area contributed by atoms with Gasteiger partial charge in [0.2, 0.25) is 5.91 Å². The van der Waals surface area contributed by atoms with E-state index >= 15 is 0 Å². The van der Waals surface area contributed by atoms with Gasteiger partial charge in [0.05, 0.1) is 13.0 Å². The van der Waals surface area contributed by atoms with Gasteiger partial charge in [-0.1, -0.05) is 36.8 Å². The van der Waals surface area contributed by atoms with Crippen molar-refractivity contribution < 1.29 is 19.1 Å². The molecule has 4 rings (SSSR count). The number of methoxy groups -OCH3 is 1. The summed E-state index contributed by atoms with van der Waals surface area (Å²) in [4.78, 5) is 44.6. The van der Waals surface area contributed by atoms with E-state index in [2.05, 4.69) is 10.2 Å². The standard InChI is InChI=1S/C26H38N4O4/c1-34-16-8-15-29(19-21-11-7-14-28-13-6-5-12-23(21)28)24(31)17-22-25(32)30(26(33)27-22)18-20-9-3-2-4-10-20/h2-4,9-10,21-23H,5-8,11-19H2,1H3,(H,27,33)/t21-,22+,23-/m0/s1. The Hall–Kier alpha value is -2.45. The van der Waals surface area contributed by atoms with E-state index in [1.807, 2.05) is 35.2 Å². The number of carbonyl (C=O) groups excluding carboxylic acids is 3. The lowest BCUT2D eigenvalue weighted by molar-refractivity contribution is -0.137. The molecule has 8 nitrogen and oxygen atoms in total. The van der Waals surface area contributed by atoms with E-state index in [1.54, 1.807) is 7.11 Å². The lowest BCUT2D eigenvalue weighted by atomic mass is 9.83. The minimum Gasteiger partial charge on any atom is -0.385 e. The molecular formula is C26H38N4O4. The number of hydrogen-bond acceptors (Lipinski definition) is 5. The molecule has 186 valence electrons. The first-order valence-corrected chi connectivity index (χ1v) is 12.7. The SMILES string of the molecule is COCCCN(C[C@@H]1CCCN2CCCC[C@@H]12)C(=O)C[C@H]1NC(=O)N(Cc2ccccc2)C1=O. The Morgan fingerprint density at radius 1 is 1.12 bits per heavy atom. The van der Waals surface area contributed by atoms with Crippen molar-refractivity contribution >= 4 is 17.8 Å². The Bertz CT molecular complexity index is 846. The van der Waals surface area contributed by atoms with Gasteiger partial charge in [-0.05, 0) is 56.7 Å². The van der Waals surface area contributed by atoms with Crippen LogP contribution in [0.2, 0.25) is 0 Å². The van der Waals surface area contributed by atoms with Crippen LogP contribution in [-0.2, 0) is 20.9 Å². The number of urea groups is 1. The van der Waals surface area contributed by atoms with Crippen molar-refractivity contribution in [3.05, 3.63) is 35.9 Å². The Kier molecular flexibility index (Phi) is 8.56. The Labute approximate surface area is 202 Å². The molecule has 3 aliphatic rings. The topological polar surface area (TPSA) is 82.2 Å².